The highest BCUT2D eigenvalue weighted by molar-refractivity contribution is 6.39. The highest BCUT2D eigenvalue weighted by Gasteiger charge is 2.22. The molecule has 0 aliphatic heterocycles. The van der Waals surface area contributed by atoms with E-state index >= 15 is 0 Å². The topological polar surface area (TPSA) is 117 Å². The molecule has 3 rings (SSSR count). The third-order valence-corrected chi connectivity index (χ3v) is 4.26. The summed E-state index contributed by atoms with van der Waals surface area (Å²) in [5.74, 6) is -1.23. The van der Waals surface area contributed by atoms with Crippen molar-refractivity contribution in [2.75, 3.05) is 5.32 Å². The Hall–Kier alpha value is -2.77. The van der Waals surface area contributed by atoms with E-state index in [0.29, 0.717) is 26.9 Å². The van der Waals surface area contributed by atoms with Crippen LogP contribution in [0.15, 0.2) is 30.5 Å². The molecule has 0 saturated heterocycles. The molecule has 0 bridgehead atoms. The van der Waals surface area contributed by atoms with E-state index in [9.17, 15) is 9.59 Å². The van der Waals surface area contributed by atoms with Crippen LogP contribution in [0.2, 0.25) is 10.0 Å². The first kappa shape index (κ1) is 17.1. The van der Waals surface area contributed by atoms with E-state index in [2.05, 4.69) is 20.5 Å². The Bertz CT molecular complexity index is 957. The fourth-order valence-corrected chi connectivity index (χ4v) is 3.06. The molecule has 1 aromatic carbocycles. The van der Waals surface area contributed by atoms with Crippen LogP contribution in [0.5, 0.6) is 0 Å². The number of nitrogens with one attached hydrogen (secondary N) is 3. The highest BCUT2D eigenvalue weighted by atomic mass is 35.5. The first-order valence-corrected chi connectivity index (χ1v) is 7.93. The van der Waals surface area contributed by atoms with E-state index in [4.69, 9.17) is 28.9 Å². The minimum absolute atomic E-state index is 0.0465. The Morgan fingerprint density at radius 1 is 1.20 bits per heavy atom. The summed E-state index contributed by atoms with van der Waals surface area (Å²) in [5.41, 5.74) is 7.27. The number of nitrogens with two attached hydrogens (primary N) is 1. The average molecular weight is 378 g/mol. The molecule has 5 N–H and O–H groups in total. The van der Waals surface area contributed by atoms with Gasteiger partial charge in [0.25, 0.3) is 11.8 Å². The van der Waals surface area contributed by atoms with Crippen molar-refractivity contribution in [1.82, 2.24) is 15.2 Å². The molecule has 0 spiro atoms. The van der Waals surface area contributed by atoms with Crippen molar-refractivity contribution in [2.24, 2.45) is 5.73 Å². The molecule has 0 aliphatic carbocycles. The first-order valence-electron chi connectivity index (χ1n) is 7.18. The van der Waals surface area contributed by atoms with Gasteiger partial charge in [0.2, 0.25) is 0 Å². The number of aromatic amines is 2. The lowest BCUT2D eigenvalue weighted by atomic mass is 10.1. The number of H-pyrrole nitrogens is 2. The number of rotatable bonds is 4. The lowest BCUT2D eigenvalue weighted by Gasteiger charge is -2.09. The second kappa shape index (κ2) is 6.62. The zero-order valence-electron chi connectivity index (χ0n) is 13.0. The number of hydrogen-bond donors (Lipinski definition) is 4. The average Bonchev–Trinajstić information content (AvgIpc) is 3.15. The maximum absolute atomic E-state index is 12.7. The van der Waals surface area contributed by atoms with Crippen molar-refractivity contribution in [3.8, 4) is 11.1 Å². The Morgan fingerprint density at radius 2 is 1.88 bits per heavy atom. The number of anilines is 1. The van der Waals surface area contributed by atoms with Gasteiger partial charge < -0.3 is 16.0 Å². The summed E-state index contributed by atoms with van der Waals surface area (Å²) < 4.78 is 0. The molecular formula is C16H13Cl2N5O2. The molecule has 0 atom stereocenters. The van der Waals surface area contributed by atoms with Crippen molar-refractivity contribution < 1.29 is 9.59 Å². The highest BCUT2D eigenvalue weighted by Crippen LogP contribution is 2.36. The van der Waals surface area contributed by atoms with E-state index < -0.39 is 11.8 Å². The van der Waals surface area contributed by atoms with Gasteiger partial charge in [-0.1, -0.05) is 29.3 Å². The van der Waals surface area contributed by atoms with Gasteiger partial charge >= 0.3 is 0 Å². The summed E-state index contributed by atoms with van der Waals surface area (Å²) in [5, 5.41) is 9.88. The molecule has 0 fully saturated rings. The molecule has 128 valence electrons. The summed E-state index contributed by atoms with van der Waals surface area (Å²) in [4.78, 5) is 27.0. The summed E-state index contributed by atoms with van der Waals surface area (Å²) in [7, 11) is 0. The largest absolute Gasteiger partial charge is 0.364 e. The lowest BCUT2D eigenvalue weighted by molar-refractivity contribution is 0.0996. The fraction of sp³-hybridized carbons (Fsp3) is 0.0625. The molecule has 9 heteroatoms. The quantitative estimate of drug-likeness (QED) is 0.558. The van der Waals surface area contributed by atoms with Gasteiger partial charge in [-0.3, -0.25) is 14.7 Å². The van der Waals surface area contributed by atoms with Gasteiger partial charge in [0.1, 0.15) is 5.69 Å². The number of halogens is 2. The molecule has 0 saturated carbocycles. The zero-order chi connectivity index (χ0) is 18.1. The van der Waals surface area contributed by atoms with Gasteiger partial charge in [-0.2, -0.15) is 5.10 Å². The van der Waals surface area contributed by atoms with E-state index in [1.165, 1.54) is 0 Å². The summed E-state index contributed by atoms with van der Waals surface area (Å²) in [6, 6.07) is 6.78. The van der Waals surface area contributed by atoms with Gasteiger partial charge in [-0.05, 0) is 25.1 Å². The van der Waals surface area contributed by atoms with Gasteiger partial charge in [-0.25, -0.2) is 0 Å². The van der Waals surface area contributed by atoms with Crippen LogP contribution in [0.25, 0.3) is 11.1 Å². The SMILES string of the molecule is Cc1[nH]nc(C(N)=O)c1NC(=O)c1[nH]ccc1-c1c(Cl)cccc1Cl. The molecule has 3 aromatic rings. The van der Waals surface area contributed by atoms with Crippen LogP contribution in [0.1, 0.15) is 26.7 Å². The van der Waals surface area contributed by atoms with Crippen molar-refractivity contribution in [2.45, 2.75) is 6.92 Å². The van der Waals surface area contributed by atoms with Crippen LogP contribution >= 0.6 is 23.2 Å². The van der Waals surface area contributed by atoms with Crippen molar-refractivity contribution in [1.29, 1.82) is 0 Å². The van der Waals surface area contributed by atoms with Crippen LogP contribution in [0.4, 0.5) is 5.69 Å². The van der Waals surface area contributed by atoms with Crippen LogP contribution in [-0.4, -0.2) is 27.0 Å². The number of benzene rings is 1. The van der Waals surface area contributed by atoms with Crippen LogP contribution in [-0.2, 0) is 0 Å². The van der Waals surface area contributed by atoms with E-state index in [0.717, 1.165) is 0 Å². The Labute approximate surface area is 152 Å². The number of nitrogens with zero attached hydrogens (tertiary/aromatic N) is 1. The Morgan fingerprint density at radius 3 is 2.52 bits per heavy atom. The van der Waals surface area contributed by atoms with E-state index in [-0.39, 0.29) is 17.1 Å². The normalized spacial score (nSPS) is 10.7. The number of amides is 2. The summed E-state index contributed by atoms with van der Waals surface area (Å²) in [6.45, 7) is 1.66. The lowest BCUT2D eigenvalue weighted by Crippen LogP contribution is -2.19. The van der Waals surface area contributed by atoms with Gasteiger partial charge in [0.05, 0.1) is 11.4 Å². The second-order valence-corrected chi connectivity index (χ2v) is 6.07. The Kier molecular flexibility index (Phi) is 4.52. The molecular weight excluding hydrogens is 365 g/mol. The minimum atomic E-state index is -0.750. The number of aryl methyl sites for hydroxylation is 1. The summed E-state index contributed by atoms with van der Waals surface area (Å²) in [6.07, 6.45) is 1.60. The number of carbonyl (C=O) groups excluding carboxylic acids is 2. The maximum Gasteiger partial charge on any atom is 0.272 e. The number of primary amides is 1. The molecule has 2 aromatic heterocycles. The van der Waals surface area contributed by atoms with Crippen molar-refractivity contribution in [3.63, 3.8) is 0 Å². The minimum Gasteiger partial charge on any atom is -0.364 e. The van der Waals surface area contributed by atoms with Crippen molar-refractivity contribution in [3.05, 3.63) is 57.6 Å². The molecule has 2 heterocycles. The molecule has 2 amide bonds. The molecule has 0 unspecified atom stereocenters. The van der Waals surface area contributed by atoms with Crippen LogP contribution in [0, 0.1) is 6.92 Å². The molecule has 0 radical (unpaired) electrons. The zero-order valence-corrected chi connectivity index (χ0v) is 14.5. The number of aromatic nitrogens is 3. The number of hydrogen-bond acceptors (Lipinski definition) is 3. The van der Waals surface area contributed by atoms with Gasteiger partial charge in [0.15, 0.2) is 5.69 Å². The first-order chi connectivity index (χ1) is 11.9. The molecule has 25 heavy (non-hydrogen) atoms. The monoisotopic (exact) mass is 377 g/mol. The van der Waals surface area contributed by atoms with E-state index in [1.54, 1.807) is 37.4 Å². The van der Waals surface area contributed by atoms with Gasteiger partial charge in [0, 0.05) is 27.4 Å². The smallest absolute Gasteiger partial charge is 0.272 e. The van der Waals surface area contributed by atoms with E-state index in [1.807, 2.05) is 0 Å². The van der Waals surface area contributed by atoms with Gasteiger partial charge in [-0.15, -0.1) is 0 Å². The van der Waals surface area contributed by atoms with Crippen LogP contribution in [0.3, 0.4) is 0 Å². The second-order valence-electron chi connectivity index (χ2n) is 5.25. The summed E-state index contributed by atoms with van der Waals surface area (Å²) >= 11 is 12.5. The standard InChI is InChI=1S/C16H13Cl2N5O2/c1-7-12(14(15(19)24)23-22-7)21-16(25)13-8(5-6-20-13)11-9(17)3-2-4-10(11)18/h2-6,20H,1H3,(H2,19,24)(H,21,25)(H,22,23). The van der Waals surface area contributed by atoms with Crippen molar-refractivity contribution >= 4 is 40.7 Å². The third kappa shape index (κ3) is 3.11. The predicted molar refractivity (Wildman–Crippen MR) is 96.0 cm³/mol. The maximum atomic E-state index is 12.7. The van der Waals surface area contributed by atoms with Crippen LogP contribution < -0.4 is 11.1 Å². The molecule has 0 aliphatic rings. The molecule has 7 nitrogen and oxygen atoms in total. The number of carbonyl (C=O) groups is 2. The fourth-order valence-electron chi connectivity index (χ4n) is 2.46. The Balaban J connectivity index is 2.00. The third-order valence-electron chi connectivity index (χ3n) is 3.63. The predicted octanol–water partition coefficient (Wildman–Crippen LogP) is 3.37.